The lowest BCUT2D eigenvalue weighted by Crippen LogP contribution is -2.40. The van der Waals surface area contributed by atoms with Crippen LogP contribution in [0.2, 0.25) is 0 Å². The summed E-state index contributed by atoms with van der Waals surface area (Å²) in [6.07, 6.45) is 2.82. The molecule has 1 heterocycles. The van der Waals surface area contributed by atoms with Crippen LogP contribution in [0.25, 0.3) is 0 Å². The molecule has 1 aromatic rings. The van der Waals surface area contributed by atoms with Crippen LogP contribution in [-0.2, 0) is 4.79 Å². The van der Waals surface area contributed by atoms with E-state index in [0.29, 0.717) is 37.2 Å². The van der Waals surface area contributed by atoms with Gasteiger partial charge in [0.2, 0.25) is 5.91 Å². The minimum atomic E-state index is -0.290. The molecular formula is C18H26N2O3. The number of anilines is 1. The lowest BCUT2D eigenvalue weighted by Gasteiger charge is -2.29. The zero-order valence-electron chi connectivity index (χ0n) is 13.9. The van der Waals surface area contributed by atoms with E-state index in [4.69, 9.17) is 0 Å². The summed E-state index contributed by atoms with van der Waals surface area (Å²) in [5.41, 5.74) is 1.32. The van der Waals surface area contributed by atoms with Gasteiger partial charge >= 0.3 is 0 Å². The third kappa shape index (κ3) is 4.79. The molecule has 1 aliphatic heterocycles. The summed E-state index contributed by atoms with van der Waals surface area (Å²) in [5, 5.41) is 12.4. The number of likely N-dealkylation sites (tertiary alicyclic amines) is 1. The normalized spacial score (nSPS) is 16.9. The Bertz CT molecular complexity index is 534. The van der Waals surface area contributed by atoms with Crippen molar-refractivity contribution >= 4 is 17.5 Å². The minimum Gasteiger partial charge on any atom is -0.393 e. The predicted octanol–water partition coefficient (Wildman–Crippen LogP) is 2.66. The highest BCUT2D eigenvalue weighted by atomic mass is 16.3. The molecule has 0 bridgehead atoms. The van der Waals surface area contributed by atoms with Gasteiger partial charge in [-0.1, -0.05) is 20.3 Å². The number of hydrogen-bond donors (Lipinski definition) is 2. The van der Waals surface area contributed by atoms with E-state index in [9.17, 15) is 14.7 Å². The van der Waals surface area contributed by atoms with Gasteiger partial charge in [-0.2, -0.15) is 0 Å². The summed E-state index contributed by atoms with van der Waals surface area (Å²) in [5.74, 6) is -0.0221. The van der Waals surface area contributed by atoms with Gasteiger partial charge in [0.1, 0.15) is 0 Å². The molecule has 0 spiro atoms. The Morgan fingerprint density at radius 1 is 1.26 bits per heavy atom. The van der Waals surface area contributed by atoms with Gasteiger partial charge in [0, 0.05) is 30.3 Å². The molecule has 1 fully saturated rings. The van der Waals surface area contributed by atoms with Gasteiger partial charge in [0.25, 0.3) is 5.91 Å². The highest BCUT2D eigenvalue weighted by Crippen LogP contribution is 2.17. The monoisotopic (exact) mass is 318 g/mol. The molecular weight excluding hydrogens is 292 g/mol. The van der Waals surface area contributed by atoms with Crippen LogP contribution in [0.3, 0.4) is 0 Å². The average molecular weight is 318 g/mol. The van der Waals surface area contributed by atoms with Gasteiger partial charge < -0.3 is 15.3 Å². The standard InChI is InChI=1S/C18H26N2O3/c1-3-4-13(2)17(22)19-15-7-5-14(6-8-15)18(23)20-11-9-16(21)10-12-20/h5-8,13,16,21H,3-4,9-12H2,1-2H3,(H,19,22). The van der Waals surface area contributed by atoms with E-state index in [1.807, 2.05) is 6.92 Å². The van der Waals surface area contributed by atoms with E-state index in [2.05, 4.69) is 12.2 Å². The quantitative estimate of drug-likeness (QED) is 0.877. The fraction of sp³-hybridized carbons (Fsp3) is 0.556. The molecule has 2 amide bonds. The molecule has 5 heteroatoms. The first kappa shape index (κ1) is 17.5. The van der Waals surface area contributed by atoms with Crippen molar-refractivity contribution in [3.63, 3.8) is 0 Å². The third-order valence-electron chi connectivity index (χ3n) is 4.32. The lowest BCUT2D eigenvalue weighted by atomic mass is 10.0. The maximum Gasteiger partial charge on any atom is 0.253 e. The van der Waals surface area contributed by atoms with Crippen molar-refractivity contribution in [2.45, 2.75) is 45.6 Å². The maximum atomic E-state index is 12.4. The number of rotatable bonds is 5. The molecule has 1 aliphatic rings. The largest absolute Gasteiger partial charge is 0.393 e. The van der Waals surface area contributed by atoms with Crippen molar-refractivity contribution < 1.29 is 14.7 Å². The second-order valence-electron chi connectivity index (χ2n) is 6.28. The van der Waals surface area contributed by atoms with Gasteiger partial charge in [-0.3, -0.25) is 9.59 Å². The predicted molar refractivity (Wildman–Crippen MR) is 90.3 cm³/mol. The minimum absolute atomic E-state index is 0.0101. The van der Waals surface area contributed by atoms with Gasteiger partial charge in [-0.05, 0) is 43.5 Å². The fourth-order valence-corrected chi connectivity index (χ4v) is 2.78. The second kappa shape index (κ2) is 8.11. The fourth-order valence-electron chi connectivity index (χ4n) is 2.78. The SMILES string of the molecule is CCCC(C)C(=O)Nc1ccc(C(=O)N2CCC(O)CC2)cc1. The molecule has 1 aromatic carbocycles. The Hall–Kier alpha value is -1.88. The molecule has 1 unspecified atom stereocenters. The average Bonchev–Trinajstić information content (AvgIpc) is 2.56. The number of benzene rings is 1. The van der Waals surface area contributed by atoms with Crippen molar-refractivity contribution in [3.8, 4) is 0 Å². The van der Waals surface area contributed by atoms with E-state index in [0.717, 1.165) is 12.8 Å². The summed E-state index contributed by atoms with van der Waals surface area (Å²) < 4.78 is 0. The Kier molecular flexibility index (Phi) is 6.16. The second-order valence-corrected chi connectivity index (χ2v) is 6.28. The third-order valence-corrected chi connectivity index (χ3v) is 4.32. The number of nitrogens with zero attached hydrogens (tertiary/aromatic N) is 1. The van der Waals surface area contributed by atoms with Gasteiger partial charge in [-0.25, -0.2) is 0 Å². The van der Waals surface area contributed by atoms with E-state index in [1.165, 1.54) is 0 Å². The van der Waals surface area contributed by atoms with E-state index >= 15 is 0 Å². The van der Waals surface area contributed by atoms with Crippen molar-refractivity contribution in [1.29, 1.82) is 0 Å². The zero-order chi connectivity index (χ0) is 16.8. The Balaban J connectivity index is 1.94. The Labute approximate surface area is 137 Å². The van der Waals surface area contributed by atoms with Crippen molar-refractivity contribution in [1.82, 2.24) is 4.90 Å². The summed E-state index contributed by atoms with van der Waals surface area (Å²) in [6, 6.07) is 7.02. The van der Waals surface area contributed by atoms with Crippen molar-refractivity contribution in [2.75, 3.05) is 18.4 Å². The van der Waals surface area contributed by atoms with E-state index in [-0.39, 0.29) is 23.8 Å². The molecule has 2 N–H and O–H groups in total. The molecule has 1 atom stereocenters. The molecule has 0 saturated carbocycles. The molecule has 1 saturated heterocycles. The maximum absolute atomic E-state index is 12.4. The van der Waals surface area contributed by atoms with Crippen LogP contribution >= 0.6 is 0 Å². The number of aliphatic hydroxyl groups excluding tert-OH is 1. The molecule has 5 nitrogen and oxygen atoms in total. The van der Waals surface area contributed by atoms with E-state index in [1.54, 1.807) is 29.2 Å². The van der Waals surface area contributed by atoms with Gasteiger partial charge in [0.05, 0.1) is 6.10 Å². The zero-order valence-corrected chi connectivity index (χ0v) is 13.9. The number of piperidine rings is 1. The summed E-state index contributed by atoms with van der Waals surface area (Å²) in [4.78, 5) is 26.1. The molecule has 2 rings (SSSR count). The molecule has 0 aromatic heterocycles. The highest BCUT2D eigenvalue weighted by molar-refractivity contribution is 5.96. The van der Waals surface area contributed by atoms with Gasteiger partial charge in [-0.15, -0.1) is 0 Å². The lowest BCUT2D eigenvalue weighted by molar-refractivity contribution is -0.119. The van der Waals surface area contributed by atoms with Crippen LogP contribution in [0.5, 0.6) is 0 Å². The summed E-state index contributed by atoms with van der Waals surface area (Å²) in [6.45, 7) is 5.16. The first-order chi connectivity index (χ1) is 11.0. The number of aliphatic hydroxyl groups is 1. The summed E-state index contributed by atoms with van der Waals surface area (Å²) in [7, 11) is 0. The highest BCUT2D eigenvalue weighted by Gasteiger charge is 2.22. The van der Waals surface area contributed by atoms with Crippen molar-refractivity contribution in [2.24, 2.45) is 5.92 Å². The number of amides is 2. The molecule has 0 radical (unpaired) electrons. The number of carbonyl (C=O) groups is 2. The van der Waals surface area contributed by atoms with Crippen LogP contribution in [0.15, 0.2) is 24.3 Å². The van der Waals surface area contributed by atoms with Crippen LogP contribution in [0.1, 0.15) is 49.9 Å². The van der Waals surface area contributed by atoms with Crippen LogP contribution < -0.4 is 5.32 Å². The number of hydrogen-bond acceptors (Lipinski definition) is 3. The van der Waals surface area contributed by atoms with Crippen LogP contribution in [0.4, 0.5) is 5.69 Å². The van der Waals surface area contributed by atoms with E-state index < -0.39 is 0 Å². The topological polar surface area (TPSA) is 69.6 Å². The molecule has 23 heavy (non-hydrogen) atoms. The smallest absolute Gasteiger partial charge is 0.253 e. The summed E-state index contributed by atoms with van der Waals surface area (Å²) >= 11 is 0. The van der Waals surface area contributed by atoms with Crippen LogP contribution in [-0.4, -0.2) is 41.0 Å². The first-order valence-electron chi connectivity index (χ1n) is 8.39. The molecule has 126 valence electrons. The Morgan fingerprint density at radius 3 is 2.43 bits per heavy atom. The van der Waals surface area contributed by atoms with Crippen molar-refractivity contribution in [3.05, 3.63) is 29.8 Å². The Morgan fingerprint density at radius 2 is 1.87 bits per heavy atom. The molecule has 0 aliphatic carbocycles. The first-order valence-corrected chi connectivity index (χ1v) is 8.39. The number of nitrogens with one attached hydrogen (secondary N) is 1. The number of carbonyl (C=O) groups excluding carboxylic acids is 2. The van der Waals surface area contributed by atoms with Crippen LogP contribution in [0, 0.1) is 5.92 Å². The van der Waals surface area contributed by atoms with Gasteiger partial charge in [0.15, 0.2) is 0 Å².